The Kier molecular flexibility index (Phi) is 3.14. The normalized spacial score (nSPS) is 16.6. The quantitative estimate of drug-likeness (QED) is 0.731. The van der Waals surface area contributed by atoms with Crippen LogP contribution in [-0.4, -0.2) is 32.8 Å². The topological polar surface area (TPSA) is 54.5 Å². The van der Waals surface area contributed by atoms with Gasteiger partial charge in [-0.3, -0.25) is 4.79 Å². The van der Waals surface area contributed by atoms with Gasteiger partial charge in [0.2, 0.25) is 0 Å². The molecular formula is C11H12ClNO3S. The van der Waals surface area contributed by atoms with E-state index in [1.807, 2.05) is 0 Å². The summed E-state index contributed by atoms with van der Waals surface area (Å²) >= 11 is 0. The van der Waals surface area contributed by atoms with Gasteiger partial charge in [-0.15, -0.1) is 0 Å². The number of fused-ring (bicyclic) bond motifs is 1. The van der Waals surface area contributed by atoms with Crippen molar-refractivity contribution in [2.24, 2.45) is 0 Å². The van der Waals surface area contributed by atoms with Crippen molar-refractivity contribution in [2.45, 2.75) is 17.7 Å². The second-order valence-electron chi connectivity index (χ2n) is 4.09. The molecule has 0 saturated carbocycles. The number of hydrogen-bond donors (Lipinski definition) is 0. The number of hydrogen-bond acceptors (Lipinski definition) is 3. The highest BCUT2D eigenvalue weighted by molar-refractivity contribution is 8.13. The van der Waals surface area contributed by atoms with Gasteiger partial charge in [0, 0.05) is 29.8 Å². The lowest BCUT2D eigenvalue weighted by atomic mass is 10.0. The predicted octanol–water partition coefficient (Wildman–Crippen LogP) is 1.63. The van der Waals surface area contributed by atoms with Crippen molar-refractivity contribution in [3.63, 3.8) is 0 Å². The molecule has 0 aromatic heterocycles. The van der Waals surface area contributed by atoms with E-state index in [-0.39, 0.29) is 10.8 Å². The van der Waals surface area contributed by atoms with Gasteiger partial charge in [0.25, 0.3) is 15.0 Å². The SMILES string of the molecule is CN1CCCc2ccc(S(=O)(=O)Cl)cc2C1=O. The van der Waals surface area contributed by atoms with Crippen LogP contribution >= 0.6 is 10.7 Å². The first kappa shape index (κ1) is 12.4. The van der Waals surface area contributed by atoms with E-state index < -0.39 is 9.05 Å². The number of aryl methyl sites for hydroxylation is 1. The molecule has 2 rings (SSSR count). The first-order valence-corrected chi connectivity index (χ1v) is 7.53. The maximum absolute atomic E-state index is 12.0. The van der Waals surface area contributed by atoms with Crippen molar-refractivity contribution in [2.75, 3.05) is 13.6 Å². The monoisotopic (exact) mass is 273 g/mol. The standard InChI is InChI=1S/C11H12ClNO3S/c1-13-6-2-3-8-4-5-9(17(12,15)16)7-10(8)11(13)14/h4-5,7H,2-3,6H2,1H3. The third-order valence-corrected chi connectivity index (χ3v) is 4.23. The highest BCUT2D eigenvalue weighted by atomic mass is 35.7. The lowest BCUT2D eigenvalue weighted by Gasteiger charge is -2.14. The Morgan fingerprint density at radius 2 is 2.06 bits per heavy atom. The minimum atomic E-state index is -3.79. The fourth-order valence-corrected chi connectivity index (χ4v) is 2.72. The van der Waals surface area contributed by atoms with Crippen LogP contribution in [0.1, 0.15) is 22.3 Å². The van der Waals surface area contributed by atoms with Crippen molar-refractivity contribution >= 4 is 25.6 Å². The molecule has 1 amide bonds. The molecule has 1 aromatic carbocycles. The van der Waals surface area contributed by atoms with Crippen LogP contribution in [0.2, 0.25) is 0 Å². The van der Waals surface area contributed by atoms with Crippen LogP contribution in [0.4, 0.5) is 0 Å². The molecule has 0 fully saturated rings. The van der Waals surface area contributed by atoms with Crippen LogP contribution in [0.25, 0.3) is 0 Å². The van der Waals surface area contributed by atoms with E-state index in [4.69, 9.17) is 10.7 Å². The van der Waals surface area contributed by atoms with Gasteiger partial charge in [0.05, 0.1) is 4.90 Å². The maximum atomic E-state index is 12.0. The van der Waals surface area contributed by atoms with Gasteiger partial charge >= 0.3 is 0 Å². The second-order valence-corrected chi connectivity index (χ2v) is 6.65. The van der Waals surface area contributed by atoms with Crippen LogP contribution < -0.4 is 0 Å². The molecule has 0 N–H and O–H groups in total. The van der Waals surface area contributed by atoms with Crippen molar-refractivity contribution < 1.29 is 13.2 Å². The zero-order valence-corrected chi connectivity index (χ0v) is 10.9. The summed E-state index contributed by atoms with van der Waals surface area (Å²) in [5, 5.41) is 0. The molecule has 0 saturated heterocycles. The summed E-state index contributed by atoms with van der Waals surface area (Å²) in [7, 11) is 3.19. The average molecular weight is 274 g/mol. The molecule has 0 radical (unpaired) electrons. The van der Waals surface area contributed by atoms with Gasteiger partial charge in [-0.05, 0) is 30.5 Å². The summed E-state index contributed by atoms with van der Waals surface area (Å²) in [6, 6.07) is 4.48. The van der Waals surface area contributed by atoms with Gasteiger partial charge < -0.3 is 4.90 Å². The van der Waals surface area contributed by atoms with E-state index in [9.17, 15) is 13.2 Å². The lowest BCUT2D eigenvalue weighted by molar-refractivity contribution is 0.0800. The first-order valence-electron chi connectivity index (χ1n) is 5.22. The zero-order valence-electron chi connectivity index (χ0n) is 9.31. The Morgan fingerprint density at radius 3 is 2.71 bits per heavy atom. The summed E-state index contributed by atoms with van der Waals surface area (Å²) in [6.45, 7) is 0.677. The molecule has 0 bridgehead atoms. The fourth-order valence-electron chi connectivity index (χ4n) is 1.94. The molecular weight excluding hydrogens is 262 g/mol. The molecule has 0 atom stereocenters. The zero-order chi connectivity index (χ0) is 12.6. The highest BCUT2D eigenvalue weighted by Crippen LogP contribution is 2.23. The van der Waals surface area contributed by atoms with E-state index in [1.54, 1.807) is 18.0 Å². The molecule has 4 nitrogen and oxygen atoms in total. The average Bonchev–Trinajstić information content (AvgIpc) is 2.39. The van der Waals surface area contributed by atoms with E-state index in [0.717, 1.165) is 18.4 Å². The highest BCUT2D eigenvalue weighted by Gasteiger charge is 2.22. The van der Waals surface area contributed by atoms with Gasteiger partial charge in [-0.2, -0.15) is 0 Å². The Hall–Kier alpha value is -1.07. The summed E-state index contributed by atoms with van der Waals surface area (Å²) in [6.07, 6.45) is 1.65. The third kappa shape index (κ3) is 2.45. The number of nitrogens with zero attached hydrogens (tertiary/aromatic N) is 1. The fraction of sp³-hybridized carbons (Fsp3) is 0.364. The summed E-state index contributed by atoms with van der Waals surface area (Å²) in [4.78, 5) is 13.6. The Labute approximate surface area is 105 Å². The Morgan fingerprint density at radius 1 is 1.35 bits per heavy atom. The second kappa shape index (κ2) is 4.31. The van der Waals surface area contributed by atoms with Gasteiger partial charge in [0.1, 0.15) is 0 Å². The molecule has 1 aliphatic heterocycles. The molecule has 0 aliphatic carbocycles. The molecule has 6 heteroatoms. The maximum Gasteiger partial charge on any atom is 0.261 e. The molecule has 0 unspecified atom stereocenters. The van der Waals surface area contributed by atoms with E-state index in [0.29, 0.717) is 12.1 Å². The van der Waals surface area contributed by atoms with Crippen molar-refractivity contribution in [3.05, 3.63) is 29.3 Å². The number of benzene rings is 1. The minimum Gasteiger partial charge on any atom is -0.342 e. The molecule has 1 heterocycles. The molecule has 17 heavy (non-hydrogen) atoms. The lowest BCUT2D eigenvalue weighted by Crippen LogP contribution is -2.26. The van der Waals surface area contributed by atoms with E-state index in [2.05, 4.69) is 0 Å². The van der Waals surface area contributed by atoms with Crippen LogP contribution in [0.3, 0.4) is 0 Å². The van der Waals surface area contributed by atoms with Gasteiger partial charge in [0.15, 0.2) is 0 Å². The predicted molar refractivity (Wildman–Crippen MR) is 64.8 cm³/mol. The van der Waals surface area contributed by atoms with Crippen molar-refractivity contribution in [1.29, 1.82) is 0 Å². The van der Waals surface area contributed by atoms with Crippen LogP contribution in [0.15, 0.2) is 23.1 Å². The van der Waals surface area contributed by atoms with Crippen LogP contribution in [0, 0.1) is 0 Å². The number of rotatable bonds is 1. The molecule has 92 valence electrons. The van der Waals surface area contributed by atoms with E-state index in [1.165, 1.54) is 12.1 Å². The summed E-state index contributed by atoms with van der Waals surface area (Å²) in [5.41, 5.74) is 1.31. The molecule has 1 aliphatic rings. The number of carbonyl (C=O) groups is 1. The van der Waals surface area contributed by atoms with E-state index >= 15 is 0 Å². The van der Waals surface area contributed by atoms with Crippen LogP contribution in [0.5, 0.6) is 0 Å². The van der Waals surface area contributed by atoms with Crippen molar-refractivity contribution in [3.8, 4) is 0 Å². The third-order valence-electron chi connectivity index (χ3n) is 2.88. The van der Waals surface area contributed by atoms with Crippen LogP contribution in [-0.2, 0) is 15.5 Å². The number of amides is 1. The summed E-state index contributed by atoms with van der Waals surface area (Å²) in [5.74, 6) is -0.153. The molecule has 1 aromatic rings. The summed E-state index contributed by atoms with van der Waals surface area (Å²) < 4.78 is 22.5. The molecule has 0 spiro atoms. The smallest absolute Gasteiger partial charge is 0.261 e. The van der Waals surface area contributed by atoms with Gasteiger partial charge in [-0.1, -0.05) is 6.07 Å². The minimum absolute atomic E-state index is 0.0263. The van der Waals surface area contributed by atoms with Gasteiger partial charge in [-0.25, -0.2) is 8.42 Å². The Balaban J connectivity index is 2.57. The largest absolute Gasteiger partial charge is 0.342 e. The Bertz CT molecular complexity index is 568. The first-order chi connectivity index (χ1) is 7.89. The van der Waals surface area contributed by atoms with Crippen molar-refractivity contribution in [1.82, 2.24) is 4.90 Å². The number of halogens is 1. The number of carbonyl (C=O) groups excluding carboxylic acids is 1.